The van der Waals surface area contributed by atoms with Crippen LogP contribution in [0.15, 0.2) is 90.1 Å². The maximum atomic E-state index is 14.0. The van der Waals surface area contributed by atoms with E-state index in [1.165, 1.54) is 0 Å². The van der Waals surface area contributed by atoms with Gasteiger partial charge in [0.25, 0.3) is 5.91 Å². The summed E-state index contributed by atoms with van der Waals surface area (Å²) in [6.07, 6.45) is 1.23. The number of nitrogens with zero attached hydrogens (tertiary/aromatic N) is 1. The van der Waals surface area contributed by atoms with Crippen LogP contribution in [0.4, 0.5) is 11.4 Å². The van der Waals surface area contributed by atoms with Gasteiger partial charge < -0.3 is 10.1 Å². The van der Waals surface area contributed by atoms with E-state index in [1.807, 2.05) is 78.9 Å². The van der Waals surface area contributed by atoms with Crippen LogP contribution in [0.3, 0.4) is 0 Å². The van der Waals surface area contributed by atoms with Crippen molar-refractivity contribution < 1.29 is 14.3 Å². The van der Waals surface area contributed by atoms with Gasteiger partial charge in [0.15, 0.2) is 5.78 Å². The molecular weight excluding hydrogens is 412 g/mol. The van der Waals surface area contributed by atoms with E-state index in [4.69, 9.17) is 4.74 Å². The number of amides is 1. The van der Waals surface area contributed by atoms with Gasteiger partial charge in [-0.3, -0.25) is 14.5 Å². The molecule has 0 bridgehead atoms. The van der Waals surface area contributed by atoms with Crippen LogP contribution in [-0.2, 0) is 4.79 Å². The number of allylic oxidation sites excluding steroid dienone is 1. The summed E-state index contributed by atoms with van der Waals surface area (Å²) in [5, 5.41) is 3.52. The number of ketones is 1. The van der Waals surface area contributed by atoms with Crippen molar-refractivity contribution in [3.63, 3.8) is 0 Å². The highest BCUT2D eigenvalue weighted by Crippen LogP contribution is 2.46. The normalized spacial score (nSPS) is 19.8. The van der Waals surface area contributed by atoms with Crippen molar-refractivity contribution in [2.75, 3.05) is 17.3 Å². The highest BCUT2D eigenvalue weighted by molar-refractivity contribution is 6.11. The third-order valence-electron chi connectivity index (χ3n) is 6.36. The second-order valence-corrected chi connectivity index (χ2v) is 8.69. The highest BCUT2D eigenvalue weighted by atomic mass is 16.5. The van der Waals surface area contributed by atoms with Gasteiger partial charge in [-0.2, -0.15) is 0 Å². The molecule has 5 heteroatoms. The van der Waals surface area contributed by atoms with Gasteiger partial charge in [-0.15, -0.1) is 0 Å². The number of nitrogens with one attached hydrogen (secondary N) is 1. The molecular formula is C28H26N2O3. The van der Waals surface area contributed by atoms with Gasteiger partial charge in [-0.25, -0.2) is 0 Å². The van der Waals surface area contributed by atoms with Crippen LogP contribution in [0, 0.1) is 5.92 Å². The summed E-state index contributed by atoms with van der Waals surface area (Å²) in [6.45, 7) is 2.09. The first-order chi connectivity index (χ1) is 16.1. The molecule has 2 aliphatic rings. The Balaban J connectivity index is 1.77. The van der Waals surface area contributed by atoms with E-state index in [1.54, 1.807) is 12.0 Å². The lowest BCUT2D eigenvalue weighted by molar-refractivity contribution is -0.117. The van der Waals surface area contributed by atoms with Crippen molar-refractivity contribution in [2.45, 2.75) is 25.8 Å². The van der Waals surface area contributed by atoms with Crippen molar-refractivity contribution in [1.82, 2.24) is 0 Å². The number of fused-ring (bicyclic) bond motifs is 1. The van der Waals surface area contributed by atoms with E-state index in [0.717, 1.165) is 34.8 Å². The number of hydrogen-bond acceptors (Lipinski definition) is 4. The molecule has 33 heavy (non-hydrogen) atoms. The third-order valence-corrected chi connectivity index (χ3v) is 6.36. The zero-order valence-corrected chi connectivity index (χ0v) is 18.7. The van der Waals surface area contributed by atoms with Crippen LogP contribution >= 0.6 is 0 Å². The lowest BCUT2D eigenvalue weighted by Gasteiger charge is -2.34. The van der Waals surface area contributed by atoms with Crippen molar-refractivity contribution in [3.8, 4) is 5.75 Å². The molecule has 1 N–H and O–H groups in total. The molecule has 0 unspecified atom stereocenters. The van der Waals surface area contributed by atoms with E-state index in [2.05, 4.69) is 12.2 Å². The first-order valence-corrected chi connectivity index (χ1v) is 11.2. The number of rotatable bonds is 3. The van der Waals surface area contributed by atoms with Gasteiger partial charge >= 0.3 is 0 Å². The minimum Gasteiger partial charge on any atom is -0.497 e. The Hall–Kier alpha value is -3.86. The van der Waals surface area contributed by atoms with E-state index in [0.29, 0.717) is 17.6 Å². The zero-order chi connectivity index (χ0) is 22.9. The molecule has 0 saturated carbocycles. The maximum Gasteiger partial charge on any atom is 0.259 e. The van der Waals surface area contributed by atoms with Gasteiger partial charge in [-0.05, 0) is 54.3 Å². The molecule has 1 amide bonds. The fourth-order valence-electron chi connectivity index (χ4n) is 4.83. The first-order valence-electron chi connectivity index (χ1n) is 11.2. The fourth-order valence-corrected chi connectivity index (χ4v) is 4.83. The Labute approximate surface area is 193 Å². The second kappa shape index (κ2) is 8.58. The van der Waals surface area contributed by atoms with Crippen LogP contribution in [0.25, 0.3) is 0 Å². The molecule has 5 rings (SSSR count). The summed E-state index contributed by atoms with van der Waals surface area (Å²) in [7, 11) is 1.62. The lowest BCUT2D eigenvalue weighted by atomic mass is 9.81. The predicted octanol–water partition coefficient (Wildman–Crippen LogP) is 5.76. The Morgan fingerprint density at radius 3 is 2.36 bits per heavy atom. The minimum absolute atomic E-state index is 0.0794. The molecule has 3 aromatic rings. The van der Waals surface area contributed by atoms with E-state index in [9.17, 15) is 9.59 Å². The summed E-state index contributed by atoms with van der Waals surface area (Å²) in [4.78, 5) is 29.3. The summed E-state index contributed by atoms with van der Waals surface area (Å²) in [6, 6.07) is 24.1. The van der Waals surface area contributed by atoms with Crippen LogP contribution in [0.1, 0.15) is 41.7 Å². The lowest BCUT2D eigenvalue weighted by Crippen LogP contribution is -2.38. The van der Waals surface area contributed by atoms with Gasteiger partial charge in [-0.1, -0.05) is 49.4 Å². The Kier molecular flexibility index (Phi) is 5.47. The molecule has 0 saturated heterocycles. The van der Waals surface area contributed by atoms with Gasteiger partial charge in [0.05, 0.1) is 24.5 Å². The standard InChI is InChI=1S/C28H26N2O3/c1-18-16-23-26(25(31)17-18)27(19-12-14-21(33-2)15-13-19)30(24-11-7-6-10-22(24)29-23)28(32)20-8-4-3-5-9-20/h3-15,18,27,29H,16-17H2,1-2H3/t18-,27+/m1/s1. The van der Waals surface area contributed by atoms with E-state index >= 15 is 0 Å². The minimum atomic E-state index is -0.547. The number of carbonyl (C=O) groups excluding carboxylic acids is 2. The number of para-hydroxylation sites is 2. The number of carbonyl (C=O) groups is 2. The fraction of sp³-hybridized carbons (Fsp3) is 0.214. The zero-order valence-electron chi connectivity index (χ0n) is 18.7. The molecule has 0 spiro atoms. The van der Waals surface area contributed by atoms with Crippen LogP contribution in [-0.4, -0.2) is 18.8 Å². The van der Waals surface area contributed by atoms with E-state index in [-0.39, 0.29) is 17.6 Å². The topological polar surface area (TPSA) is 58.6 Å². The Morgan fingerprint density at radius 1 is 0.939 bits per heavy atom. The van der Waals surface area contributed by atoms with Crippen molar-refractivity contribution in [3.05, 3.63) is 101 Å². The van der Waals surface area contributed by atoms with Crippen LogP contribution < -0.4 is 15.0 Å². The molecule has 5 nitrogen and oxygen atoms in total. The number of Topliss-reactive ketones (excluding diaryl/α,β-unsaturated/α-hetero) is 1. The number of benzene rings is 3. The Bertz CT molecular complexity index is 1230. The highest BCUT2D eigenvalue weighted by Gasteiger charge is 2.40. The number of methoxy groups -OCH3 is 1. The Morgan fingerprint density at radius 2 is 1.64 bits per heavy atom. The summed E-state index contributed by atoms with van der Waals surface area (Å²) >= 11 is 0. The molecule has 1 aliphatic carbocycles. The first kappa shape index (κ1) is 21.0. The second-order valence-electron chi connectivity index (χ2n) is 8.69. The third kappa shape index (κ3) is 3.80. The van der Waals surface area contributed by atoms with Crippen molar-refractivity contribution in [2.24, 2.45) is 5.92 Å². The molecule has 0 fully saturated rings. The smallest absolute Gasteiger partial charge is 0.259 e. The molecule has 0 radical (unpaired) electrons. The average Bonchev–Trinajstić information content (AvgIpc) is 2.98. The van der Waals surface area contributed by atoms with Gasteiger partial charge in [0.2, 0.25) is 0 Å². The summed E-state index contributed by atoms with van der Waals surface area (Å²) in [5.74, 6) is 0.898. The quantitative estimate of drug-likeness (QED) is 0.565. The number of anilines is 2. The largest absolute Gasteiger partial charge is 0.497 e. The van der Waals surface area contributed by atoms with Crippen molar-refractivity contribution >= 4 is 23.1 Å². The van der Waals surface area contributed by atoms with Crippen LogP contribution in [0.5, 0.6) is 5.75 Å². The molecule has 166 valence electrons. The predicted molar refractivity (Wildman–Crippen MR) is 129 cm³/mol. The summed E-state index contributed by atoms with van der Waals surface area (Å²) < 4.78 is 5.35. The van der Waals surface area contributed by atoms with Crippen LogP contribution in [0.2, 0.25) is 0 Å². The van der Waals surface area contributed by atoms with Gasteiger partial charge in [0.1, 0.15) is 5.75 Å². The molecule has 1 aliphatic heterocycles. The SMILES string of the molecule is COc1ccc([C@H]2C3=C(C[C@@H](C)CC3=O)Nc3ccccc3N2C(=O)c2ccccc2)cc1. The number of ether oxygens (including phenoxy) is 1. The van der Waals surface area contributed by atoms with Crippen molar-refractivity contribution in [1.29, 1.82) is 0 Å². The molecule has 1 heterocycles. The molecule has 0 aromatic heterocycles. The molecule has 2 atom stereocenters. The monoisotopic (exact) mass is 438 g/mol. The maximum absolute atomic E-state index is 14.0. The summed E-state index contributed by atoms with van der Waals surface area (Å²) in [5.41, 5.74) is 4.59. The average molecular weight is 439 g/mol. The molecule has 3 aromatic carbocycles. The van der Waals surface area contributed by atoms with E-state index < -0.39 is 6.04 Å². The van der Waals surface area contributed by atoms with Gasteiger partial charge in [0, 0.05) is 23.3 Å². The number of hydrogen-bond donors (Lipinski definition) is 1.